The maximum absolute atomic E-state index is 3.03. The summed E-state index contributed by atoms with van der Waals surface area (Å²) in [5.74, 6) is 0. The summed E-state index contributed by atoms with van der Waals surface area (Å²) >= 11 is -0.493. The summed E-state index contributed by atoms with van der Waals surface area (Å²) in [4.78, 5) is 0. The molecule has 2 heteroatoms. The van der Waals surface area contributed by atoms with Crippen molar-refractivity contribution in [2.24, 2.45) is 0 Å². The first-order valence-electron chi connectivity index (χ1n) is 3.08. The molecule has 0 aromatic rings. The second-order valence-electron chi connectivity index (χ2n) is 2.63. The van der Waals surface area contributed by atoms with Crippen molar-refractivity contribution in [3.63, 3.8) is 0 Å². The molecule has 0 bridgehead atoms. The fourth-order valence-corrected chi connectivity index (χ4v) is 3.10. The van der Waals surface area contributed by atoms with Crippen molar-refractivity contribution in [2.45, 2.75) is 37.1 Å². The van der Waals surface area contributed by atoms with Crippen molar-refractivity contribution in [1.82, 2.24) is 0 Å². The van der Waals surface area contributed by atoms with E-state index in [1.165, 1.54) is 0 Å². The Balaban J connectivity index is 3.46. The fraction of sp³-hybridized carbons (Fsp3) is 1.00. The molecule has 0 rings (SSSR count). The number of rotatable bonds is 2. The normalized spacial score (nSPS) is 12.0. The van der Waals surface area contributed by atoms with Crippen LogP contribution in [0.5, 0.6) is 0 Å². The number of hydrogen-bond donors (Lipinski definition) is 0. The van der Waals surface area contributed by atoms with E-state index in [9.17, 15) is 0 Å². The van der Waals surface area contributed by atoms with Gasteiger partial charge >= 0.3 is 59.1 Å². The molecule has 0 N–H and O–H groups in total. The van der Waals surface area contributed by atoms with Gasteiger partial charge in [-0.2, -0.15) is 0 Å². The average Bonchev–Trinajstić information content (AvgIpc) is 1.64. The van der Waals surface area contributed by atoms with Crippen LogP contribution in [0.3, 0.4) is 0 Å². The molecule has 0 nitrogen and oxygen atoms in total. The monoisotopic (exact) mass is 194 g/mol. The van der Waals surface area contributed by atoms with E-state index in [1.807, 2.05) is 0 Å². The molecule has 0 aromatic heterocycles. The third-order valence-electron chi connectivity index (χ3n) is 1.19. The van der Waals surface area contributed by atoms with Crippen LogP contribution >= 0.6 is 7.80 Å². The molecule has 0 aliphatic carbocycles. The first-order chi connectivity index (χ1) is 3.55. The van der Waals surface area contributed by atoms with Crippen LogP contribution in [0.4, 0.5) is 0 Å². The zero-order valence-electron chi connectivity index (χ0n) is 6.18. The van der Waals surface area contributed by atoms with Crippen LogP contribution < -0.4 is 0 Å². The Morgan fingerprint density at radius 3 is 1.25 bits per heavy atom. The van der Waals surface area contributed by atoms with Gasteiger partial charge in [0.25, 0.3) is 0 Å². The standard InChI is InChI=1S/C6H16AsP/c1-5(2)7(8)6(3)4/h5-6H,8H2,1-4H3. The molecule has 1 atom stereocenters. The second-order valence-corrected chi connectivity index (χ2v) is 11.9. The fourth-order valence-electron chi connectivity index (χ4n) is 0.596. The molecule has 0 aromatic carbocycles. The molecule has 50 valence electrons. The Bertz CT molecular complexity index is 53.5. The van der Waals surface area contributed by atoms with E-state index in [-0.39, 0.29) is 0 Å². The Morgan fingerprint density at radius 1 is 1.00 bits per heavy atom. The van der Waals surface area contributed by atoms with Crippen molar-refractivity contribution in [3.8, 4) is 0 Å². The predicted molar refractivity (Wildman–Crippen MR) is 45.7 cm³/mol. The van der Waals surface area contributed by atoms with E-state index in [1.54, 1.807) is 0 Å². The van der Waals surface area contributed by atoms with Crippen LogP contribution in [0, 0.1) is 0 Å². The summed E-state index contributed by atoms with van der Waals surface area (Å²) in [6.45, 7) is 9.31. The third-order valence-corrected chi connectivity index (χ3v) is 12.4. The van der Waals surface area contributed by atoms with Gasteiger partial charge < -0.3 is 0 Å². The molecule has 0 fully saturated rings. The molecule has 0 saturated heterocycles. The van der Waals surface area contributed by atoms with E-state index >= 15 is 0 Å². The van der Waals surface area contributed by atoms with E-state index in [4.69, 9.17) is 0 Å². The van der Waals surface area contributed by atoms with Gasteiger partial charge in [-0.05, 0) is 0 Å². The SMILES string of the molecule is CC(C)[As](P)C(C)C. The van der Waals surface area contributed by atoms with Crippen LogP contribution in [-0.4, -0.2) is 14.2 Å². The first kappa shape index (κ1) is 8.99. The van der Waals surface area contributed by atoms with Crippen LogP contribution in [-0.2, 0) is 0 Å². The van der Waals surface area contributed by atoms with Gasteiger partial charge in [-0.1, -0.05) is 0 Å². The predicted octanol–water partition coefficient (Wildman–Crippen LogP) is 2.67. The van der Waals surface area contributed by atoms with Crippen molar-refractivity contribution in [3.05, 3.63) is 0 Å². The van der Waals surface area contributed by atoms with Crippen LogP contribution in [0.25, 0.3) is 0 Å². The van der Waals surface area contributed by atoms with E-state index in [2.05, 4.69) is 35.5 Å². The summed E-state index contributed by atoms with van der Waals surface area (Å²) in [7, 11) is 3.03. The van der Waals surface area contributed by atoms with Gasteiger partial charge in [-0.3, -0.25) is 0 Å². The van der Waals surface area contributed by atoms with E-state index in [0.29, 0.717) is 0 Å². The topological polar surface area (TPSA) is 0 Å². The molecule has 0 aliphatic rings. The minimum atomic E-state index is -0.493. The minimum absolute atomic E-state index is 0.493. The van der Waals surface area contributed by atoms with Crippen LogP contribution in [0.2, 0.25) is 9.41 Å². The summed E-state index contributed by atoms with van der Waals surface area (Å²) in [5.41, 5.74) is 0. The van der Waals surface area contributed by atoms with Gasteiger partial charge in [-0.15, -0.1) is 0 Å². The van der Waals surface area contributed by atoms with Gasteiger partial charge in [0.15, 0.2) is 0 Å². The van der Waals surface area contributed by atoms with E-state index < -0.39 is 14.2 Å². The van der Waals surface area contributed by atoms with Crippen molar-refractivity contribution in [1.29, 1.82) is 0 Å². The van der Waals surface area contributed by atoms with Crippen LogP contribution in [0.1, 0.15) is 27.7 Å². The quantitative estimate of drug-likeness (QED) is 0.468. The van der Waals surface area contributed by atoms with Crippen LogP contribution in [0.15, 0.2) is 0 Å². The molecule has 8 heavy (non-hydrogen) atoms. The van der Waals surface area contributed by atoms with Crippen molar-refractivity contribution < 1.29 is 0 Å². The maximum atomic E-state index is 3.03. The molecule has 0 radical (unpaired) electrons. The second kappa shape index (κ2) is 3.91. The molecular weight excluding hydrogens is 178 g/mol. The molecule has 0 saturated carbocycles. The van der Waals surface area contributed by atoms with Gasteiger partial charge in [-0.25, -0.2) is 0 Å². The summed E-state index contributed by atoms with van der Waals surface area (Å²) in [5, 5.41) is 0. The van der Waals surface area contributed by atoms with Gasteiger partial charge in [0, 0.05) is 0 Å². The molecular formula is C6H16AsP. The Hall–Kier alpha value is 0.988. The van der Waals surface area contributed by atoms with Gasteiger partial charge in [0.2, 0.25) is 0 Å². The Morgan fingerprint density at radius 2 is 1.25 bits per heavy atom. The zero-order chi connectivity index (χ0) is 6.73. The summed E-state index contributed by atoms with van der Waals surface area (Å²) < 4.78 is 1.90. The average molecular weight is 194 g/mol. The van der Waals surface area contributed by atoms with Gasteiger partial charge in [0.1, 0.15) is 0 Å². The zero-order valence-corrected chi connectivity index (χ0v) is 9.21. The number of hydrogen-bond acceptors (Lipinski definition) is 0. The Kier molecular flexibility index (Phi) is 4.39. The third kappa shape index (κ3) is 3.10. The van der Waals surface area contributed by atoms with Gasteiger partial charge in [0.05, 0.1) is 0 Å². The summed E-state index contributed by atoms with van der Waals surface area (Å²) in [6.07, 6.45) is 0. The molecule has 1 unspecified atom stereocenters. The van der Waals surface area contributed by atoms with E-state index in [0.717, 1.165) is 9.41 Å². The molecule has 0 amide bonds. The molecule has 0 heterocycles. The molecule has 0 spiro atoms. The first-order valence-corrected chi connectivity index (χ1v) is 9.02. The summed E-state index contributed by atoms with van der Waals surface area (Å²) in [6, 6.07) is 0. The van der Waals surface area contributed by atoms with Crippen molar-refractivity contribution >= 4 is 22.0 Å². The molecule has 0 aliphatic heterocycles. The van der Waals surface area contributed by atoms with Crippen molar-refractivity contribution in [2.75, 3.05) is 0 Å². The Labute approximate surface area is 59.5 Å².